The highest BCUT2D eigenvalue weighted by atomic mass is 35.9. The lowest BCUT2D eigenvalue weighted by Gasteiger charge is -2.01. The van der Waals surface area contributed by atoms with Crippen LogP contribution in [-0.4, -0.2) is 6.16 Å². The molecule has 0 unspecified atom stereocenters. The number of rotatable bonds is 2. The minimum absolute atomic E-state index is 0.589. The number of halogens is 2. The molecule has 0 bridgehead atoms. The average Bonchev–Trinajstić information content (AvgIpc) is 1.21. The van der Waals surface area contributed by atoms with Gasteiger partial charge in [0.1, 0.15) is 4.74 Å². The average molecular weight is 189 g/mol. The van der Waals surface area contributed by atoms with Crippen molar-refractivity contribution in [2.45, 2.75) is 6.92 Å². The van der Waals surface area contributed by atoms with E-state index in [1.165, 1.54) is 0 Å². The molecule has 0 rings (SSSR count). The molecule has 0 nitrogen and oxygen atoms in total. The van der Waals surface area contributed by atoms with E-state index in [1.54, 1.807) is 0 Å². The Morgan fingerprint density at radius 1 is 1.75 bits per heavy atom. The summed E-state index contributed by atoms with van der Waals surface area (Å²) in [6.07, 6.45) is 0.589. The third-order valence-electron chi connectivity index (χ3n) is 0.454. The molecule has 0 saturated heterocycles. The van der Waals surface area contributed by atoms with Crippen LogP contribution in [0.5, 0.6) is 0 Å². The zero-order valence-electron chi connectivity index (χ0n) is 4.53. The second-order valence-corrected chi connectivity index (χ2v) is 10.2. The second-order valence-electron chi connectivity index (χ2n) is 1.69. The standard InChI is InChI=1S/C4H7Cl2PS/c1-4(2)3-7(5,6)8/h1,3H2,2H3. The molecule has 0 saturated carbocycles. The fourth-order valence-electron chi connectivity index (χ4n) is 0.314. The van der Waals surface area contributed by atoms with Crippen molar-refractivity contribution in [3.63, 3.8) is 0 Å². The van der Waals surface area contributed by atoms with Crippen molar-refractivity contribution < 1.29 is 0 Å². The van der Waals surface area contributed by atoms with Crippen LogP contribution in [0, 0.1) is 0 Å². The monoisotopic (exact) mass is 188 g/mol. The lowest BCUT2D eigenvalue weighted by Crippen LogP contribution is -1.75. The first-order valence-corrected chi connectivity index (χ1v) is 6.84. The predicted molar refractivity (Wildman–Crippen MR) is 45.7 cm³/mol. The third kappa shape index (κ3) is 6.97. The van der Waals surface area contributed by atoms with E-state index >= 15 is 0 Å². The fourth-order valence-corrected chi connectivity index (χ4v) is 2.83. The van der Waals surface area contributed by atoms with Crippen molar-refractivity contribution in [3.05, 3.63) is 12.2 Å². The SMILES string of the molecule is C=C(C)CP(=S)(Cl)Cl. The Balaban J connectivity index is 3.74. The van der Waals surface area contributed by atoms with Gasteiger partial charge in [0.15, 0.2) is 0 Å². The van der Waals surface area contributed by atoms with Crippen LogP contribution in [0.4, 0.5) is 0 Å². The van der Waals surface area contributed by atoms with Gasteiger partial charge in [-0.05, 0) is 6.92 Å². The molecule has 0 fully saturated rings. The van der Waals surface area contributed by atoms with Crippen LogP contribution in [0.3, 0.4) is 0 Å². The van der Waals surface area contributed by atoms with Gasteiger partial charge in [-0.25, -0.2) is 0 Å². The van der Waals surface area contributed by atoms with Crippen LogP contribution in [0.15, 0.2) is 12.2 Å². The maximum atomic E-state index is 5.56. The lowest BCUT2D eigenvalue weighted by atomic mass is 10.4. The molecule has 0 N–H and O–H groups in total. The molecule has 0 atom stereocenters. The molecule has 0 aliphatic heterocycles. The minimum atomic E-state index is -2.04. The maximum Gasteiger partial charge on any atom is 0.123 e. The van der Waals surface area contributed by atoms with Crippen LogP contribution < -0.4 is 0 Å². The van der Waals surface area contributed by atoms with E-state index in [0.29, 0.717) is 6.16 Å². The summed E-state index contributed by atoms with van der Waals surface area (Å²) in [7, 11) is 0. The van der Waals surface area contributed by atoms with Gasteiger partial charge >= 0.3 is 0 Å². The summed E-state index contributed by atoms with van der Waals surface area (Å²) in [5.41, 5.74) is 0.957. The summed E-state index contributed by atoms with van der Waals surface area (Å²) >= 11 is 15.9. The summed E-state index contributed by atoms with van der Waals surface area (Å²) in [5.74, 6) is 0. The first kappa shape index (κ1) is 8.97. The molecule has 0 aromatic heterocycles. The van der Waals surface area contributed by atoms with Gasteiger partial charge in [0.05, 0.1) is 0 Å². The summed E-state index contributed by atoms with van der Waals surface area (Å²) in [6, 6.07) is 0. The number of hydrogen-bond donors (Lipinski definition) is 0. The van der Waals surface area contributed by atoms with Crippen molar-refractivity contribution in [2.75, 3.05) is 6.16 Å². The van der Waals surface area contributed by atoms with Crippen molar-refractivity contribution in [3.8, 4) is 0 Å². The van der Waals surface area contributed by atoms with Crippen molar-refractivity contribution in [2.24, 2.45) is 0 Å². The first-order valence-electron chi connectivity index (χ1n) is 2.04. The molecule has 0 spiro atoms. The van der Waals surface area contributed by atoms with E-state index in [-0.39, 0.29) is 0 Å². The van der Waals surface area contributed by atoms with Gasteiger partial charge in [-0.15, -0.1) is 0 Å². The van der Waals surface area contributed by atoms with Gasteiger partial charge in [0.25, 0.3) is 0 Å². The molecule has 0 aliphatic carbocycles. The van der Waals surface area contributed by atoms with E-state index < -0.39 is 4.74 Å². The molecule has 0 aliphatic rings. The summed E-state index contributed by atoms with van der Waals surface area (Å²) in [4.78, 5) is 0. The Morgan fingerprint density at radius 3 is 2.12 bits per heavy atom. The predicted octanol–water partition coefficient (Wildman–Crippen LogP) is 3.35. The Hall–Kier alpha value is 0.970. The molecular formula is C4H7Cl2PS. The molecule has 0 radical (unpaired) electrons. The van der Waals surface area contributed by atoms with Crippen molar-refractivity contribution in [1.29, 1.82) is 0 Å². The van der Waals surface area contributed by atoms with Gasteiger partial charge in [0, 0.05) is 6.16 Å². The second kappa shape index (κ2) is 3.22. The Morgan fingerprint density at radius 2 is 2.12 bits per heavy atom. The van der Waals surface area contributed by atoms with Crippen LogP contribution in [0.1, 0.15) is 6.92 Å². The molecular weight excluding hydrogens is 182 g/mol. The van der Waals surface area contributed by atoms with E-state index in [2.05, 4.69) is 6.58 Å². The summed E-state index contributed by atoms with van der Waals surface area (Å²) < 4.78 is -2.04. The molecule has 0 heterocycles. The molecule has 4 heteroatoms. The highest BCUT2D eigenvalue weighted by Gasteiger charge is 2.06. The summed E-state index contributed by atoms with van der Waals surface area (Å²) in [6.45, 7) is 5.50. The van der Waals surface area contributed by atoms with E-state index in [0.717, 1.165) is 5.57 Å². The van der Waals surface area contributed by atoms with Crippen LogP contribution in [-0.2, 0) is 11.8 Å². The highest BCUT2D eigenvalue weighted by molar-refractivity contribution is 8.39. The smallest absolute Gasteiger partial charge is 0.0997 e. The largest absolute Gasteiger partial charge is 0.123 e. The van der Waals surface area contributed by atoms with E-state index in [1.807, 2.05) is 6.92 Å². The van der Waals surface area contributed by atoms with Gasteiger partial charge in [-0.3, -0.25) is 0 Å². The Kier molecular flexibility index (Phi) is 3.61. The summed E-state index contributed by atoms with van der Waals surface area (Å²) in [5, 5.41) is 0. The third-order valence-corrected chi connectivity index (χ3v) is 2.47. The fraction of sp³-hybridized carbons (Fsp3) is 0.500. The quantitative estimate of drug-likeness (QED) is 0.474. The molecule has 0 aromatic carbocycles. The lowest BCUT2D eigenvalue weighted by molar-refractivity contribution is 1.44. The normalized spacial score (nSPS) is 11.4. The molecule has 0 amide bonds. The van der Waals surface area contributed by atoms with E-state index in [4.69, 9.17) is 34.3 Å². The minimum Gasteiger partial charge on any atom is -0.0997 e. The number of allylic oxidation sites excluding steroid dienone is 1. The van der Waals surface area contributed by atoms with Gasteiger partial charge in [-0.2, -0.15) is 0 Å². The zero-order chi connectivity index (χ0) is 6.78. The highest BCUT2D eigenvalue weighted by Crippen LogP contribution is 2.57. The van der Waals surface area contributed by atoms with Gasteiger partial charge in [-0.1, -0.05) is 46.4 Å². The Labute approximate surface area is 64.5 Å². The van der Waals surface area contributed by atoms with Crippen LogP contribution in [0.2, 0.25) is 0 Å². The van der Waals surface area contributed by atoms with Gasteiger partial charge < -0.3 is 0 Å². The molecule has 8 heavy (non-hydrogen) atoms. The first-order chi connectivity index (χ1) is 3.42. The zero-order valence-corrected chi connectivity index (χ0v) is 7.75. The maximum absolute atomic E-state index is 5.56. The van der Waals surface area contributed by atoms with E-state index in [9.17, 15) is 0 Å². The van der Waals surface area contributed by atoms with Crippen molar-refractivity contribution >= 4 is 39.0 Å². The van der Waals surface area contributed by atoms with Gasteiger partial charge in [0.2, 0.25) is 0 Å². The topological polar surface area (TPSA) is 0 Å². The molecule has 48 valence electrons. The van der Waals surface area contributed by atoms with Crippen molar-refractivity contribution in [1.82, 2.24) is 0 Å². The Bertz CT molecular complexity index is 137. The molecule has 0 aromatic rings. The number of hydrogen-bond acceptors (Lipinski definition) is 1. The van der Waals surface area contributed by atoms with Crippen LogP contribution >= 0.6 is 27.2 Å². The van der Waals surface area contributed by atoms with Crippen LogP contribution in [0.25, 0.3) is 0 Å².